The minimum absolute atomic E-state index is 0.0399. The standard InChI is InChI=1S/C23H20N2O6S/c1-13(26)18-21(29)25-19(23(30)31)20(32-22(18)25)16-7-4-15(5-8-16)12-24-10-2-3-14(11-24)6-9-17(27)28/h2-11,13,18,22,26H,12H2,1H3,(H-,27,28,30,31)/p+1/b9-6+/t13?,18-,22+/m0/s1. The van der Waals surface area contributed by atoms with Gasteiger partial charge in [-0.05, 0) is 24.6 Å². The van der Waals surface area contributed by atoms with E-state index in [-0.39, 0.29) is 11.6 Å². The van der Waals surface area contributed by atoms with E-state index in [1.54, 1.807) is 0 Å². The van der Waals surface area contributed by atoms with Crippen molar-refractivity contribution < 1.29 is 34.3 Å². The van der Waals surface area contributed by atoms with Gasteiger partial charge in [0.15, 0.2) is 18.9 Å². The summed E-state index contributed by atoms with van der Waals surface area (Å²) in [6.07, 6.45) is 5.46. The Hall–Kier alpha value is -3.43. The van der Waals surface area contributed by atoms with Gasteiger partial charge >= 0.3 is 11.9 Å². The van der Waals surface area contributed by atoms with Crippen molar-refractivity contribution in [2.75, 3.05) is 0 Å². The molecule has 4 rings (SSSR count). The number of fused-ring (bicyclic) bond motifs is 1. The third-order valence-corrected chi connectivity index (χ3v) is 6.79. The number of aromatic nitrogens is 1. The van der Waals surface area contributed by atoms with E-state index in [1.807, 2.05) is 53.4 Å². The molecular formula is C23H21N2O6S+. The molecule has 1 aromatic heterocycles. The number of hydrogen-bond donors (Lipinski definition) is 3. The van der Waals surface area contributed by atoms with Crippen molar-refractivity contribution in [3.05, 3.63) is 77.3 Å². The average Bonchev–Trinajstić information content (AvgIpc) is 3.08. The lowest BCUT2D eigenvalue weighted by Crippen LogP contribution is -2.60. The van der Waals surface area contributed by atoms with Gasteiger partial charge in [-0.3, -0.25) is 9.69 Å². The van der Waals surface area contributed by atoms with Gasteiger partial charge in [-0.15, -0.1) is 0 Å². The molecule has 3 atom stereocenters. The maximum absolute atomic E-state index is 12.4. The number of amides is 1. The molecule has 0 aliphatic carbocycles. The molecular weight excluding hydrogens is 432 g/mol. The Morgan fingerprint density at radius 3 is 2.56 bits per heavy atom. The highest BCUT2D eigenvalue weighted by molar-refractivity contribution is 8.09. The van der Waals surface area contributed by atoms with Crippen molar-refractivity contribution in [2.24, 2.45) is 5.92 Å². The number of thioether (sulfide) groups is 1. The predicted molar refractivity (Wildman–Crippen MR) is 117 cm³/mol. The highest BCUT2D eigenvalue weighted by Crippen LogP contribution is 2.53. The van der Waals surface area contributed by atoms with Crippen molar-refractivity contribution in [3.63, 3.8) is 0 Å². The smallest absolute Gasteiger partial charge is 0.353 e. The predicted octanol–water partition coefficient (Wildman–Crippen LogP) is 1.79. The van der Waals surface area contributed by atoms with Crippen LogP contribution in [0.4, 0.5) is 0 Å². The van der Waals surface area contributed by atoms with Crippen molar-refractivity contribution >= 4 is 40.6 Å². The lowest BCUT2D eigenvalue weighted by Gasteiger charge is -2.43. The lowest BCUT2D eigenvalue weighted by atomic mass is 9.92. The fraction of sp³-hybridized carbons (Fsp3) is 0.217. The van der Waals surface area contributed by atoms with Crippen LogP contribution in [0.1, 0.15) is 23.6 Å². The fourth-order valence-electron chi connectivity index (χ4n) is 3.86. The van der Waals surface area contributed by atoms with E-state index in [1.165, 1.54) is 29.7 Å². The molecule has 1 saturated heterocycles. The molecule has 32 heavy (non-hydrogen) atoms. The summed E-state index contributed by atoms with van der Waals surface area (Å²) in [6.45, 7) is 2.09. The normalized spacial score (nSPS) is 20.9. The molecule has 3 heterocycles. The quantitative estimate of drug-likeness (QED) is 0.332. The fourth-order valence-corrected chi connectivity index (χ4v) is 5.48. The molecule has 1 fully saturated rings. The van der Waals surface area contributed by atoms with Crippen molar-refractivity contribution in [2.45, 2.75) is 24.9 Å². The Labute approximate surface area is 188 Å². The van der Waals surface area contributed by atoms with Gasteiger partial charge < -0.3 is 15.3 Å². The Bertz CT molecular complexity index is 1160. The van der Waals surface area contributed by atoms with Crippen LogP contribution in [0.5, 0.6) is 0 Å². The van der Waals surface area contributed by atoms with Crippen molar-refractivity contribution in [3.8, 4) is 0 Å². The van der Waals surface area contributed by atoms with Crippen LogP contribution >= 0.6 is 11.8 Å². The molecule has 8 nitrogen and oxygen atoms in total. The largest absolute Gasteiger partial charge is 0.478 e. The maximum Gasteiger partial charge on any atom is 0.353 e. The van der Waals surface area contributed by atoms with Gasteiger partial charge in [0.05, 0.1) is 12.0 Å². The van der Waals surface area contributed by atoms with Gasteiger partial charge in [0.2, 0.25) is 5.91 Å². The first-order chi connectivity index (χ1) is 15.3. The summed E-state index contributed by atoms with van der Waals surface area (Å²) in [7, 11) is 0. The molecule has 1 unspecified atom stereocenters. The highest BCUT2D eigenvalue weighted by Gasteiger charge is 2.57. The number of carbonyl (C=O) groups excluding carboxylic acids is 1. The summed E-state index contributed by atoms with van der Waals surface area (Å²) in [4.78, 5) is 36.7. The van der Waals surface area contributed by atoms with E-state index in [0.29, 0.717) is 17.0 Å². The van der Waals surface area contributed by atoms with Crippen LogP contribution in [0.2, 0.25) is 0 Å². The summed E-state index contributed by atoms with van der Waals surface area (Å²) in [5, 5.41) is 27.9. The summed E-state index contributed by atoms with van der Waals surface area (Å²) < 4.78 is 1.92. The number of aliphatic carboxylic acids is 2. The van der Waals surface area contributed by atoms with Gasteiger partial charge in [0.1, 0.15) is 11.1 Å². The molecule has 9 heteroatoms. The Kier molecular flexibility index (Phi) is 5.86. The zero-order valence-electron chi connectivity index (χ0n) is 17.1. The van der Waals surface area contributed by atoms with Crippen LogP contribution in [-0.4, -0.2) is 49.5 Å². The Morgan fingerprint density at radius 2 is 1.94 bits per heavy atom. The van der Waals surface area contributed by atoms with Crippen LogP contribution in [0.15, 0.2) is 60.6 Å². The molecule has 3 N–H and O–H groups in total. The van der Waals surface area contributed by atoms with E-state index in [2.05, 4.69) is 0 Å². The molecule has 0 saturated carbocycles. The van der Waals surface area contributed by atoms with E-state index < -0.39 is 29.3 Å². The zero-order chi connectivity index (χ0) is 23.0. The van der Waals surface area contributed by atoms with E-state index in [0.717, 1.165) is 17.2 Å². The number of aliphatic hydroxyl groups excluding tert-OH is 1. The van der Waals surface area contributed by atoms with Gasteiger partial charge in [0, 0.05) is 28.2 Å². The van der Waals surface area contributed by atoms with Crippen molar-refractivity contribution in [1.82, 2.24) is 4.90 Å². The summed E-state index contributed by atoms with van der Waals surface area (Å²) in [5.74, 6) is -3.15. The summed E-state index contributed by atoms with van der Waals surface area (Å²) in [5.41, 5.74) is 2.39. The van der Waals surface area contributed by atoms with Gasteiger partial charge in [0.25, 0.3) is 0 Å². The minimum Gasteiger partial charge on any atom is -0.478 e. The maximum atomic E-state index is 12.4. The van der Waals surface area contributed by atoms with Gasteiger partial charge in [-0.25, -0.2) is 14.2 Å². The van der Waals surface area contributed by atoms with E-state index in [9.17, 15) is 24.6 Å². The number of aliphatic hydroxyl groups is 1. The second-order valence-electron chi connectivity index (χ2n) is 7.64. The number of carboxylic acids is 2. The molecule has 2 aromatic rings. The SMILES string of the molecule is CC(O)[C@H]1C(=O)N2C(C(=O)O)=C(c3ccc(C[n+]4cccc(/C=C/C(=O)O)c4)cc3)S[C@H]12. The first kappa shape index (κ1) is 21.8. The Morgan fingerprint density at radius 1 is 1.22 bits per heavy atom. The first-order valence-corrected chi connectivity index (χ1v) is 10.8. The minimum atomic E-state index is -1.17. The molecule has 1 amide bonds. The third kappa shape index (κ3) is 4.04. The first-order valence-electron chi connectivity index (χ1n) is 9.91. The van der Waals surface area contributed by atoms with Gasteiger partial charge in [-0.1, -0.05) is 36.0 Å². The number of β-lactam (4-membered cyclic amide) rings is 1. The monoisotopic (exact) mass is 453 g/mol. The number of pyridine rings is 1. The molecule has 0 bridgehead atoms. The molecule has 1 aromatic carbocycles. The highest BCUT2D eigenvalue weighted by atomic mass is 32.2. The average molecular weight is 453 g/mol. The topological polar surface area (TPSA) is 119 Å². The van der Waals surface area contributed by atoms with Gasteiger partial charge in [-0.2, -0.15) is 0 Å². The molecule has 164 valence electrons. The lowest BCUT2D eigenvalue weighted by molar-refractivity contribution is -0.688. The number of nitrogens with zero attached hydrogens (tertiary/aromatic N) is 2. The Balaban J connectivity index is 1.54. The number of hydrogen-bond acceptors (Lipinski definition) is 5. The van der Waals surface area contributed by atoms with Crippen LogP contribution in [0.25, 0.3) is 11.0 Å². The molecule has 0 radical (unpaired) electrons. The second kappa shape index (κ2) is 8.60. The molecule has 2 aliphatic heterocycles. The zero-order valence-corrected chi connectivity index (χ0v) is 17.9. The third-order valence-electron chi connectivity index (χ3n) is 5.38. The molecule has 2 aliphatic rings. The summed E-state index contributed by atoms with van der Waals surface area (Å²) in [6, 6.07) is 11.1. The number of carbonyl (C=O) groups is 3. The van der Waals surface area contributed by atoms with E-state index >= 15 is 0 Å². The number of carboxylic acid groups (broad SMARTS) is 2. The summed E-state index contributed by atoms with van der Waals surface area (Å²) >= 11 is 1.29. The van der Waals surface area contributed by atoms with Crippen LogP contribution < -0.4 is 4.57 Å². The number of rotatable bonds is 7. The van der Waals surface area contributed by atoms with Crippen molar-refractivity contribution in [1.29, 1.82) is 0 Å². The number of benzene rings is 1. The van der Waals surface area contributed by atoms with Crippen LogP contribution in [0.3, 0.4) is 0 Å². The van der Waals surface area contributed by atoms with Crippen LogP contribution in [0, 0.1) is 5.92 Å². The second-order valence-corrected chi connectivity index (χ2v) is 8.77. The van der Waals surface area contributed by atoms with E-state index in [4.69, 9.17) is 5.11 Å². The molecule has 0 spiro atoms. The van der Waals surface area contributed by atoms with Crippen LogP contribution in [-0.2, 0) is 20.9 Å².